The smallest absolute Gasteiger partial charge is 0.364 e. The van der Waals surface area contributed by atoms with E-state index in [1.54, 1.807) is 0 Å². The van der Waals surface area contributed by atoms with Crippen LogP contribution in [0.15, 0.2) is 24.3 Å². The molecule has 36 heavy (non-hydrogen) atoms. The number of aromatic nitrogens is 6. The van der Waals surface area contributed by atoms with E-state index in [2.05, 4.69) is 67.8 Å². The summed E-state index contributed by atoms with van der Waals surface area (Å²) in [5, 5.41) is 17.8. The van der Waals surface area contributed by atoms with Gasteiger partial charge in [0.25, 0.3) is 5.82 Å². The molecule has 0 spiro atoms. The van der Waals surface area contributed by atoms with Gasteiger partial charge in [-0.05, 0) is 74.8 Å². The lowest BCUT2D eigenvalue weighted by molar-refractivity contribution is -0.653. The van der Waals surface area contributed by atoms with Crippen molar-refractivity contribution in [3.8, 4) is 12.0 Å². The summed E-state index contributed by atoms with van der Waals surface area (Å²) < 4.78 is 10.5. The number of hydrogen-bond donors (Lipinski definition) is 0. The first kappa shape index (κ1) is 23.8. The summed E-state index contributed by atoms with van der Waals surface area (Å²) >= 11 is 0. The third-order valence-corrected chi connectivity index (χ3v) is 9.21. The van der Waals surface area contributed by atoms with Crippen LogP contribution >= 0.6 is 0 Å². The van der Waals surface area contributed by atoms with Gasteiger partial charge < -0.3 is 4.74 Å². The van der Waals surface area contributed by atoms with Crippen LogP contribution in [-0.2, 0) is 13.5 Å². The lowest BCUT2D eigenvalue weighted by Gasteiger charge is -2.56. The highest BCUT2D eigenvalue weighted by atomic mass is 16.5. The molecule has 192 valence electrons. The van der Waals surface area contributed by atoms with E-state index < -0.39 is 0 Å². The fourth-order valence-electron chi connectivity index (χ4n) is 7.98. The van der Waals surface area contributed by atoms with E-state index in [0.717, 1.165) is 36.1 Å². The monoisotopic (exact) mass is 489 g/mol. The van der Waals surface area contributed by atoms with Crippen molar-refractivity contribution in [2.45, 2.75) is 90.4 Å². The van der Waals surface area contributed by atoms with Gasteiger partial charge in [-0.2, -0.15) is 4.57 Å². The van der Waals surface area contributed by atoms with Crippen molar-refractivity contribution in [1.29, 1.82) is 0 Å². The predicted molar refractivity (Wildman–Crippen MR) is 139 cm³/mol. The van der Waals surface area contributed by atoms with Crippen LogP contribution in [0, 0.1) is 23.2 Å². The summed E-state index contributed by atoms with van der Waals surface area (Å²) in [6.45, 7) is 2.98. The Bertz CT molecular complexity index is 1150. The van der Waals surface area contributed by atoms with E-state index in [-0.39, 0.29) is 0 Å². The third kappa shape index (κ3) is 4.61. The minimum Gasteiger partial charge on any atom is -0.461 e. The van der Waals surface area contributed by atoms with E-state index >= 15 is 0 Å². The summed E-state index contributed by atoms with van der Waals surface area (Å²) in [5.74, 6) is 4.44. The maximum absolute atomic E-state index is 6.15. The molecule has 0 saturated heterocycles. The molecule has 0 radical (unpaired) electrons. The molecular formula is C29H41N6O+. The molecule has 0 atom stereocenters. The molecule has 4 fully saturated rings. The van der Waals surface area contributed by atoms with Gasteiger partial charge in [0.1, 0.15) is 0 Å². The Balaban J connectivity index is 1.17. The standard InChI is InChI=1S/C29H41N6O/c1-3-4-5-6-7-8-13-26-34(2)24-11-9-10-12-25(24)35(26)27-30-32-28(33-31-27)36-20-29-17-21-14-22(18-29)16-23(15-21)19-29/h9-12,21-23H,3-8,13-20H2,1-2H3/q+1. The van der Waals surface area contributed by atoms with Gasteiger partial charge in [0.05, 0.1) is 13.7 Å². The molecule has 4 saturated carbocycles. The van der Waals surface area contributed by atoms with Crippen molar-refractivity contribution >= 4 is 11.0 Å². The summed E-state index contributed by atoms with van der Waals surface area (Å²) in [5.41, 5.74) is 2.59. The Morgan fingerprint density at radius 3 is 2.22 bits per heavy atom. The highest BCUT2D eigenvalue weighted by Gasteiger charge is 2.51. The first-order valence-corrected chi connectivity index (χ1v) is 14.3. The van der Waals surface area contributed by atoms with E-state index in [9.17, 15) is 0 Å². The Morgan fingerprint density at radius 1 is 0.889 bits per heavy atom. The number of para-hydroxylation sites is 2. The van der Waals surface area contributed by atoms with Crippen LogP contribution in [-0.4, -0.2) is 31.6 Å². The van der Waals surface area contributed by atoms with Crippen LogP contribution in [0.1, 0.15) is 89.8 Å². The van der Waals surface area contributed by atoms with Gasteiger partial charge in [-0.15, -0.1) is 0 Å². The Hall–Kier alpha value is -2.57. The van der Waals surface area contributed by atoms with Crippen molar-refractivity contribution in [1.82, 2.24) is 25.0 Å². The molecule has 2 aromatic heterocycles. The SMILES string of the molecule is CCCCCCCCc1n(-c2nnc(OCC34CC5CC(CC(C5)C3)C4)nn2)c2ccccc2[n+]1C. The molecular weight excluding hydrogens is 448 g/mol. The minimum atomic E-state index is 0.313. The number of unbranched alkanes of at least 4 members (excludes halogenated alkanes) is 5. The van der Waals surface area contributed by atoms with E-state index in [1.165, 1.54) is 82.0 Å². The second-order valence-corrected chi connectivity index (χ2v) is 12.0. The van der Waals surface area contributed by atoms with Crippen LogP contribution < -0.4 is 9.30 Å². The van der Waals surface area contributed by atoms with Crippen molar-refractivity contribution in [3.63, 3.8) is 0 Å². The van der Waals surface area contributed by atoms with Crippen LogP contribution in [0.3, 0.4) is 0 Å². The van der Waals surface area contributed by atoms with Gasteiger partial charge in [0.15, 0.2) is 11.0 Å². The second-order valence-electron chi connectivity index (χ2n) is 12.0. The van der Waals surface area contributed by atoms with Crippen molar-refractivity contribution in [2.24, 2.45) is 30.2 Å². The van der Waals surface area contributed by atoms with Crippen LogP contribution in [0.4, 0.5) is 0 Å². The summed E-state index contributed by atoms with van der Waals surface area (Å²) in [6, 6.07) is 8.74. The highest BCUT2D eigenvalue weighted by molar-refractivity contribution is 5.73. The summed E-state index contributed by atoms with van der Waals surface area (Å²) in [7, 11) is 2.13. The molecule has 0 unspecified atom stereocenters. The number of ether oxygens (including phenoxy) is 1. The zero-order valence-corrected chi connectivity index (χ0v) is 22.0. The first-order valence-electron chi connectivity index (χ1n) is 14.3. The molecule has 3 aromatic rings. The Morgan fingerprint density at radius 2 is 1.53 bits per heavy atom. The quantitative estimate of drug-likeness (QED) is 0.261. The summed E-state index contributed by atoms with van der Waals surface area (Å²) in [6.07, 6.45) is 16.9. The molecule has 0 amide bonds. The minimum absolute atomic E-state index is 0.313. The average molecular weight is 490 g/mol. The average Bonchev–Trinajstić information content (AvgIpc) is 3.16. The number of nitrogens with zero attached hydrogens (tertiary/aromatic N) is 6. The number of rotatable bonds is 11. The molecule has 4 bridgehead atoms. The maximum Gasteiger partial charge on any atom is 0.364 e. The molecule has 7 nitrogen and oxygen atoms in total. The molecule has 1 aromatic carbocycles. The van der Waals surface area contributed by atoms with E-state index in [1.807, 2.05) is 0 Å². The van der Waals surface area contributed by atoms with Gasteiger partial charge in [0.2, 0.25) is 0 Å². The largest absolute Gasteiger partial charge is 0.461 e. The fraction of sp³-hybridized carbons (Fsp3) is 0.690. The number of aryl methyl sites for hydroxylation is 1. The van der Waals surface area contributed by atoms with E-state index in [0.29, 0.717) is 24.0 Å². The normalized spacial score (nSPS) is 26.7. The Kier molecular flexibility index (Phi) is 6.65. The van der Waals surface area contributed by atoms with Gasteiger partial charge in [-0.1, -0.05) is 71.6 Å². The highest BCUT2D eigenvalue weighted by Crippen LogP contribution is 2.59. The first-order chi connectivity index (χ1) is 17.6. The molecule has 0 aliphatic heterocycles. The maximum atomic E-state index is 6.15. The molecule has 4 aliphatic carbocycles. The van der Waals surface area contributed by atoms with Crippen molar-refractivity contribution in [3.05, 3.63) is 30.1 Å². The molecule has 7 heteroatoms. The van der Waals surface area contributed by atoms with E-state index in [4.69, 9.17) is 4.74 Å². The number of imidazole rings is 1. The summed E-state index contributed by atoms with van der Waals surface area (Å²) in [4.78, 5) is 0. The second kappa shape index (κ2) is 10.1. The van der Waals surface area contributed by atoms with Gasteiger partial charge in [0, 0.05) is 11.8 Å². The number of fused-ring (bicyclic) bond motifs is 1. The van der Waals surface area contributed by atoms with Crippen molar-refractivity contribution < 1.29 is 9.30 Å². The molecule has 2 heterocycles. The lowest BCUT2D eigenvalue weighted by atomic mass is 9.50. The molecule has 7 rings (SSSR count). The van der Waals surface area contributed by atoms with Gasteiger partial charge in [-0.25, -0.2) is 4.57 Å². The zero-order chi connectivity index (χ0) is 24.5. The number of hydrogen-bond acceptors (Lipinski definition) is 5. The fourth-order valence-corrected chi connectivity index (χ4v) is 7.98. The molecule has 4 aliphatic rings. The third-order valence-electron chi connectivity index (χ3n) is 9.21. The van der Waals surface area contributed by atoms with Gasteiger partial charge in [-0.3, -0.25) is 0 Å². The van der Waals surface area contributed by atoms with Crippen LogP contribution in [0.25, 0.3) is 17.0 Å². The van der Waals surface area contributed by atoms with Crippen LogP contribution in [0.5, 0.6) is 6.01 Å². The molecule has 0 N–H and O–H groups in total. The van der Waals surface area contributed by atoms with Gasteiger partial charge >= 0.3 is 12.0 Å². The zero-order valence-electron chi connectivity index (χ0n) is 22.0. The Labute approximate surface area is 214 Å². The topological polar surface area (TPSA) is 69.6 Å². The van der Waals surface area contributed by atoms with Crippen LogP contribution in [0.2, 0.25) is 0 Å². The predicted octanol–water partition coefficient (Wildman–Crippen LogP) is 5.53. The number of benzene rings is 1. The lowest BCUT2D eigenvalue weighted by Crippen LogP contribution is -2.48. The van der Waals surface area contributed by atoms with Crippen molar-refractivity contribution in [2.75, 3.05) is 6.61 Å².